The lowest BCUT2D eigenvalue weighted by Gasteiger charge is -2.28. The molecule has 0 bridgehead atoms. The van der Waals surface area contributed by atoms with Gasteiger partial charge < -0.3 is 10.1 Å². The number of nitrogens with zero attached hydrogens (tertiary/aromatic N) is 3. The first-order valence-corrected chi connectivity index (χ1v) is 6.49. The third kappa shape index (κ3) is 4.09. The van der Waals surface area contributed by atoms with Crippen molar-refractivity contribution in [3.8, 4) is 0 Å². The number of rotatable bonds is 6. The highest BCUT2D eigenvalue weighted by Gasteiger charge is 2.19. The molecule has 5 nitrogen and oxygen atoms in total. The molecule has 0 aliphatic heterocycles. The molecule has 0 radical (unpaired) electrons. The molecule has 17 heavy (non-hydrogen) atoms. The van der Waals surface area contributed by atoms with Crippen molar-refractivity contribution in [1.82, 2.24) is 20.3 Å². The van der Waals surface area contributed by atoms with Crippen LogP contribution in [0.25, 0.3) is 0 Å². The molecule has 1 aromatic rings. The van der Waals surface area contributed by atoms with Gasteiger partial charge in [-0.15, -0.1) is 5.10 Å². The number of hydrogen-bond acceptors (Lipinski definition) is 4. The molecule has 1 aliphatic rings. The van der Waals surface area contributed by atoms with Crippen LogP contribution in [0.15, 0.2) is 12.4 Å². The molecule has 5 heteroatoms. The first kappa shape index (κ1) is 12.5. The highest BCUT2D eigenvalue weighted by Crippen LogP contribution is 2.20. The molecule has 1 aromatic heterocycles. The van der Waals surface area contributed by atoms with Gasteiger partial charge in [-0.1, -0.05) is 5.21 Å². The van der Waals surface area contributed by atoms with Gasteiger partial charge in [-0.2, -0.15) is 0 Å². The zero-order valence-corrected chi connectivity index (χ0v) is 10.5. The Labute approximate surface area is 103 Å². The van der Waals surface area contributed by atoms with Crippen molar-refractivity contribution in [3.63, 3.8) is 0 Å². The first-order chi connectivity index (χ1) is 8.38. The summed E-state index contributed by atoms with van der Waals surface area (Å²) in [6.07, 6.45) is 10.1. The van der Waals surface area contributed by atoms with Gasteiger partial charge in [0.15, 0.2) is 0 Å². The molecule has 0 spiro atoms. The summed E-state index contributed by atoms with van der Waals surface area (Å²) in [5, 5.41) is 11.3. The second-order valence-corrected chi connectivity index (χ2v) is 4.68. The van der Waals surface area contributed by atoms with E-state index in [1.165, 1.54) is 25.7 Å². The number of aromatic nitrogens is 3. The quantitative estimate of drug-likeness (QED) is 0.757. The Balaban J connectivity index is 1.54. The molecular formula is C12H22N4O. The Hall–Kier alpha value is -0.940. The summed E-state index contributed by atoms with van der Waals surface area (Å²) in [6, 6.07) is 0.678. The van der Waals surface area contributed by atoms with Crippen LogP contribution < -0.4 is 5.32 Å². The maximum Gasteiger partial charge on any atom is 0.0692 e. The van der Waals surface area contributed by atoms with Crippen LogP contribution in [0.2, 0.25) is 0 Å². The van der Waals surface area contributed by atoms with E-state index < -0.39 is 0 Å². The number of methoxy groups -OCH3 is 1. The molecule has 0 amide bonds. The van der Waals surface area contributed by atoms with E-state index in [4.69, 9.17) is 4.74 Å². The highest BCUT2D eigenvalue weighted by atomic mass is 16.5. The minimum Gasteiger partial charge on any atom is -0.381 e. The van der Waals surface area contributed by atoms with Crippen molar-refractivity contribution in [3.05, 3.63) is 12.4 Å². The van der Waals surface area contributed by atoms with E-state index in [1.54, 1.807) is 6.20 Å². The van der Waals surface area contributed by atoms with Gasteiger partial charge in [0.1, 0.15) is 0 Å². The van der Waals surface area contributed by atoms with Gasteiger partial charge in [-0.05, 0) is 38.6 Å². The lowest BCUT2D eigenvalue weighted by molar-refractivity contribution is 0.0625. The normalized spacial score (nSPS) is 25.0. The predicted octanol–water partition coefficient (Wildman–Crippen LogP) is 1.22. The summed E-state index contributed by atoms with van der Waals surface area (Å²) >= 11 is 0. The fraction of sp³-hybridized carbons (Fsp3) is 0.833. The summed E-state index contributed by atoms with van der Waals surface area (Å²) in [7, 11) is 1.82. The molecule has 1 saturated carbocycles. The second kappa shape index (κ2) is 6.71. The van der Waals surface area contributed by atoms with Crippen LogP contribution in [-0.4, -0.2) is 40.8 Å². The van der Waals surface area contributed by atoms with E-state index in [0.717, 1.165) is 19.5 Å². The molecule has 0 atom stereocenters. The fourth-order valence-corrected chi connectivity index (χ4v) is 2.40. The van der Waals surface area contributed by atoms with Gasteiger partial charge in [0, 0.05) is 25.9 Å². The molecule has 1 heterocycles. The Morgan fingerprint density at radius 2 is 2.18 bits per heavy atom. The van der Waals surface area contributed by atoms with Crippen molar-refractivity contribution in [2.45, 2.75) is 50.8 Å². The first-order valence-electron chi connectivity index (χ1n) is 6.49. The lowest BCUT2D eigenvalue weighted by atomic mass is 9.93. The van der Waals surface area contributed by atoms with E-state index in [0.29, 0.717) is 12.1 Å². The standard InChI is InChI=1S/C12H22N4O/c1-17-12-5-3-11(4-6-12)13-7-2-9-16-10-8-14-15-16/h8,10-13H,2-7,9H2,1H3. The fourth-order valence-electron chi connectivity index (χ4n) is 2.40. The van der Waals surface area contributed by atoms with Gasteiger partial charge in [-0.3, -0.25) is 4.68 Å². The van der Waals surface area contributed by atoms with E-state index in [1.807, 2.05) is 18.0 Å². The third-order valence-corrected chi connectivity index (χ3v) is 3.48. The molecule has 1 fully saturated rings. The minimum atomic E-state index is 0.489. The number of aryl methyl sites for hydroxylation is 1. The van der Waals surface area contributed by atoms with Crippen LogP contribution in [-0.2, 0) is 11.3 Å². The molecule has 96 valence electrons. The monoisotopic (exact) mass is 238 g/mol. The van der Waals surface area contributed by atoms with Crippen LogP contribution in [0.1, 0.15) is 32.1 Å². The minimum absolute atomic E-state index is 0.489. The summed E-state index contributed by atoms with van der Waals surface area (Å²) < 4.78 is 7.25. The lowest BCUT2D eigenvalue weighted by Crippen LogP contribution is -2.35. The Morgan fingerprint density at radius 1 is 1.35 bits per heavy atom. The highest BCUT2D eigenvalue weighted by molar-refractivity contribution is 4.77. The Morgan fingerprint density at radius 3 is 2.82 bits per heavy atom. The van der Waals surface area contributed by atoms with Gasteiger partial charge >= 0.3 is 0 Å². The molecule has 0 saturated heterocycles. The summed E-state index contributed by atoms with van der Waals surface area (Å²) in [4.78, 5) is 0. The molecule has 1 N–H and O–H groups in total. The number of ether oxygens (including phenoxy) is 1. The van der Waals surface area contributed by atoms with E-state index in [-0.39, 0.29) is 0 Å². The van der Waals surface area contributed by atoms with Crippen molar-refractivity contribution in [1.29, 1.82) is 0 Å². The SMILES string of the molecule is COC1CCC(NCCCn2ccnn2)CC1. The van der Waals surface area contributed by atoms with Crippen LogP contribution >= 0.6 is 0 Å². The summed E-state index contributed by atoms with van der Waals surface area (Å²) in [6.45, 7) is 2.00. The average molecular weight is 238 g/mol. The van der Waals surface area contributed by atoms with Gasteiger partial charge in [0.05, 0.1) is 12.3 Å². The molecule has 2 rings (SSSR count). The maximum absolute atomic E-state index is 5.37. The third-order valence-electron chi connectivity index (χ3n) is 3.48. The van der Waals surface area contributed by atoms with Crippen LogP contribution in [0.5, 0.6) is 0 Å². The summed E-state index contributed by atoms with van der Waals surface area (Å²) in [5.74, 6) is 0. The number of hydrogen-bond donors (Lipinski definition) is 1. The Bertz CT molecular complexity index is 293. The zero-order chi connectivity index (χ0) is 11.9. The van der Waals surface area contributed by atoms with E-state index in [9.17, 15) is 0 Å². The van der Waals surface area contributed by atoms with E-state index >= 15 is 0 Å². The number of nitrogens with one attached hydrogen (secondary N) is 1. The van der Waals surface area contributed by atoms with E-state index in [2.05, 4.69) is 15.6 Å². The van der Waals surface area contributed by atoms with Crippen molar-refractivity contribution in [2.75, 3.05) is 13.7 Å². The van der Waals surface area contributed by atoms with Crippen LogP contribution in [0.3, 0.4) is 0 Å². The predicted molar refractivity (Wildman–Crippen MR) is 65.7 cm³/mol. The topological polar surface area (TPSA) is 52.0 Å². The smallest absolute Gasteiger partial charge is 0.0692 e. The molecular weight excluding hydrogens is 216 g/mol. The largest absolute Gasteiger partial charge is 0.381 e. The van der Waals surface area contributed by atoms with Gasteiger partial charge in [0.25, 0.3) is 0 Å². The molecule has 1 aliphatic carbocycles. The maximum atomic E-state index is 5.37. The van der Waals surface area contributed by atoms with Gasteiger partial charge in [0.2, 0.25) is 0 Å². The zero-order valence-electron chi connectivity index (χ0n) is 10.5. The second-order valence-electron chi connectivity index (χ2n) is 4.68. The van der Waals surface area contributed by atoms with Crippen molar-refractivity contribution >= 4 is 0 Å². The van der Waals surface area contributed by atoms with Crippen LogP contribution in [0, 0.1) is 0 Å². The van der Waals surface area contributed by atoms with Gasteiger partial charge in [-0.25, -0.2) is 0 Å². The molecule has 0 unspecified atom stereocenters. The average Bonchev–Trinajstić information content (AvgIpc) is 2.88. The Kier molecular flexibility index (Phi) is 4.94. The van der Waals surface area contributed by atoms with Crippen molar-refractivity contribution < 1.29 is 4.74 Å². The summed E-state index contributed by atoms with van der Waals surface area (Å²) in [5.41, 5.74) is 0. The van der Waals surface area contributed by atoms with Crippen molar-refractivity contribution in [2.24, 2.45) is 0 Å². The molecule has 0 aromatic carbocycles. The van der Waals surface area contributed by atoms with Crippen LogP contribution in [0.4, 0.5) is 0 Å².